The molecular weight excluding hydrogens is 256 g/mol. The van der Waals surface area contributed by atoms with Gasteiger partial charge in [0.15, 0.2) is 0 Å². The first-order valence-corrected chi connectivity index (χ1v) is 5.51. The zero-order valence-electron chi connectivity index (χ0n) is 8.33. The van der Waals surface area contributed by atoms with E-state index in [0.29, 0.717) is 0 Å². The Labute approximate surface area is 96.4 Å². The summed E-state index contributed by atoms with van der Waals surface area (Å²) in [6.45, 7) is 2.02. The van der Waals surface area contributed by atoms with E-state index in [4.69, 9.17) is 10.2 Å². The molecule has 2 aromatic rings. The van der Waals surface area contributed by atoms with Gasteiger partial charge in [-0.3, -0.25) is 0 Å². The van der Waals surface area contributed by atoms with Crippen molar-refractivity contribution in [2.45, 2.75) is 13.3 Å². The smallest absolute Gasteiger partial charge is 0.292 e. The Morgan fingerprint density at radius 2 is 2.00 bits per heavy atom. The Kier molecular flexibility index (Phi) is 2.77. The molecule has 0 spiro atoms. The minimum Gasteiger partial charge on any atom is -0.428 e. The molecule has 0 saturated carbocycles. The molecule has 2 N–H and O–H groups in total. The normalized spacial score (nSPS) is 10.5. The number of aryl methyl sites for hydroxylation is 1. The summed E-state index contributed by atoms with van der Waals surface area (Å²) in [6.07, 6.45) is 0.787. The van der Waals surface area contributed by atoms with Gasteiger partial charge in [0.25, 0.3) is 6.01 Å². The summed E-state index contributed by atoms with van der Waals surface area (Å²) in [5.41, 5.74) is 7.39. The number of nitrogens with two attached hydrogens (primary N) is 1. The number of benzene rings is 1. The number of hydrogen-bond acceptors (Lipinski definition) is 3. The molecule has 0 fully saturated rings. The third kappa shape index (κ3) is 2.04. The molecule has 0 unspecified atom stereocenters. The number of aromatic nitrogens is 1. The molecule has 4 heteroatoms. The van der Waals surface area contributed by atoms with Crippen LogP contribution in [0.25, 0.3) is 11.3 Å². The lowest BCUT2D eigenvalue weighted by Crippen LogP contribution is -1.85. The summed E-state index contributed by atoms with van der Waals surface area (Å²) in [5, 5.41) is 0. The van der Waals surface area contributed by atoms with Gasteiger partial charge in [-0.1, -0.05) is 35.0 Å². The summed E-state index contributed by atoms with van der Waals surface area (Å²) in [7, 11) is 0. The van der Waals surface area contributed by atoms with Gasteiger partial charge >= 0.3 is 0 Å². The van der Waals surface area contributed by atoms with Crippen molar-refractivity contribution in [3.63, 3.8) is 0 Å². The molecule has 15 heavy (non-hydrogen) atoms. The lowest BCUT2D eigenvalue weighted by atomic mass is 10.1. The highest BCUT2D eigenvalue weighted by Gasteiger charge is 2.11. The third-order valence-electron chi connectivity index (χ3n) is 2.15. The molecule has 0 radical (unpaired) electrons. The fourth-order valence-electron chi connectivity index (χ4n) is 1.44. The molecule has 0 bridgehead atoms. The van der Waals surface area contributed by atoms with Crippen LogP contribution in [0.15, 0.2) is 33.2 Å². The Morgan fingerprint density at radius 1 is 1.33 bits per heavy atom. The van der Waals surface area contributed by atoms with Crippen LogP contribution in [0.4, 0.5) is 6.01 Å². The van der Waals surface area contributed by atoms with Gasteiger partial charge in [-0.2, -0.15) is 4.98 Å². The van der Waals surface area contributed by atoms with Gasteiger partial charge in [0.2, 0.25) is 0 Å². The molecule has 0 amide bonds. The van der Waals surface area contributed by atoms with E-state index >= 15 is 0 Å². The molecule has 0 atom stereocenters. The van der Waals surface area contributed by atoms with Crippen LogP contribution in [-0.4, -0.2) is 4.98 Å². The summed E-state index contributed by atoms with van der Waals surface area (Å²) in [5.74, 6) is 0.829. The fourth-order valence-corrected chi connectivity index (χ4v) is 1.71. The van der Waals surface area contributed by atoms with E-state index in [1.165, 1.54) is 0 Å². The van der Waals surface area contributed by atoms with Crippen LogP contribution in [0.5, 0.6) is 0 Å². The van der Waals surface area contributed by atoms with E-state index in [-0.39, 0.29) is 6.01 Å². The Hall–Kier alpha value is -1.29. The van der Waals surface area contributed by atoms with Gasteiger partial charge in [0.05, 0.1) is 0 Å². The van der Waals surface area contributed by atoms with E-state index in [2.05, 4.69) is 20.9 Å². The minimum absolute atomic E-state index is 0.227. The maximum Gasteiger partial charge on any atom is 0.292 e. The van der Waals surface area contributed by atoms with Gasteiger partial charge < -0.3 is 10.2 Å². The second kappa shape index (κ2) is 4.06. The average Bonchev–Trinajstić information content (AvgIpc) is 2.61. The second-order valence-electron chi connectivity index (χ2n) is 3.18. The average molecular weight is 267 g/mol. The van der Waals surface area contributed by atoms with E-state index in [0.717, 1.165) is 27.9 Å². The molecule has 3 nitrogen and oxygen atoms in total. The second-order valence-corrected chi connectivity index (χ2v) is 4.10. The summed E-state index contributed by atoms with van der Waals surface area (Å²) < 4.78 is 6.35. The maximum atomic E-state index is 5.54. The van der Waals surface area contributed by atoms with E-state index < -0.39 is 0 Å². The van der Waals surface area contributed by atoms with E-state index in [1.54, 1.807) is 0 Å². The minimum atomic E-state index is 0.227. The molecule has 0 aliphatic heterocycles. The van der Waals surface area contributed by atoms with Crippen LogP contribution < -0.4 is 5.73 Å². The molecule has 2 rings (SSSR count). The van der Waals surface area contributed by atoms with E-state index in [9.17, 15) is 0 Å². The van der Waals surface area contributed by atoms with Gasteiger partial charge in [0, 0.05) is 16.5 Å². The van der Waals surface area contributed by atoms with Crippen LogP contribution in [0.1, 0.15) is 12.7 Å². The van der Waals surface area contributed by atoms with Crippen molar-refractivity contribution in [2.24, 2.45) is 0 Å². The SMILES string of the molecule is CCc1oc(N)nc1-c1ccc(Br)cc1. The molecule has 1 aromatic heterocycles. The first-order valence-electron chi connectivity index (χ1n) is 4.72. The first kappa shape index (κ1) is 10.2. The van der Waals surface area contributed by atoms with Gasteiger partial charge in [-0.15, -0.1) is 0 Å². The van der Waals surface area contributed by atoms with Crippen molar-refractivity contribution in [1.29, 1.82) is 0 Å². The number of hydrogen-bond donors (Lipinski definition) is 1. The van der Waals surface area contributed by atoms with Crippen molar-refractivity contribution >= 4 is 21.9 Å². The van der Waals surface area contributed by atoms with Crippen LogP contribution in [-0.2, 0) is 6.42 Å². The van der Waals surface area contributed by atoms with Gasteiger partial charge in [0.1, 0.15) is 11.5 Å². The van der Waals surface area contributed by atoms with Crippen LogP contribution in [0.3, 0.4) is 0 Å². The third-order valence-corrected chi connectivity index (χ3v) is 2.68. The largest absolute Gasteiger partial charge is 0.428 e. The highest BCUT2D eigenvalue weighted by atomic mass is 79.9. The Morgan fingerprint density at radius 3 is 2.60 bits per heavy atom. The molecule has 78 valence electrons. The number of oxazole rings is 1. The van der Waals surface area contributed by atoms with Crippen molar-refractivity contribution in [3.8, 4) is 11.3 Å². The Bertz CT molecular complexity index is 462. The summed E-state index contributed by atoms with van der Waals surface area (Å²) in [4.78, 5) is 4.18. The van der Waals surface area contributed by atoms with Crippen molar-refractivity contribution in [1.82, 2.24) is 4.98 Å². The van der Waals surface area contributed by atoms with Crippen LogP contribution in [0, 0.1) is 0 Å². The molecule has 1 heterocycles. The predicted octanol–water partition coefficient (Wildman–Crippen LogP) is 3.25. The monoisotopic (exact) mass is 266 g/mol. The number of halogens is 1. The highest BCUT2D eigenvalue weighted by molar-refractivity contribution is 9.10. The fraction of sp³-hybridized carbons (Fsp3) is 0.182. The molecular formula is C11H11BrN2O. The van der Waals surface area contributed by atoms with Crippen LogP contribution >= 0.6 is 15.9 Å². The predicted molar refractivity (Wildman–Crippen MR) is 63.4 cm³/mol. The van der Waals surface area contributed by atoms with E-state index in [1.807, 2.05) is 31.2 Å². The zero-order valence-corrected chi connectivity index (χ0v) is 9.91. The lowest BCUT2D eigenvalue weighted by Gasteiger charge is -1.98. The zero-order chi connectivity index (χ0) is 10.8. The number of nitrogens with zero attached hydrogens (tertiary/aromatic N) is 1. The number of anilines is 1. The topological polar surface area (TPSA) is 52.0 Å². The lowest BCUT2D eigenvalue weighted by molar-refractivity contribution is 0.530. The maximum absolute atomic E-state index is 5.54. The molecule has 1 aromatic carbocycles. The molecule has 0 aliphatic carbocycles. The van der Waals surface area contributed by atoms with Gasteiger partial charge in [-0.25, -0.2) is 0 Å². The standard InChI is InChI=1S/C11H11BrN2O/c1-2-9-10(14-11(13)15-9)7-3-5-8(12)6-4-7/h3-6H,2H2,1H3,(H2,13,14). The summed E-state index contributed by atoms with van der Waals surface area (Å²) >= 11 is 3.39. The first-order chi connectivity index (χ1) is 7.20. The van der Waals surface area contributed by atoms with Crippen LogP contribution in [0.2, 0.25) is 0 Å². The summed E-state index contributed by atoms with van der Waals surface area (Å²) in [6, 6.07) is 8.14. The number of rotatable bonds is 2. The molecule has 0 aliphatic rings. The highest BCUT2D eigenvalue weighted by Crippen LogP contribution is 2.26. The quantitative estimate of drug-likeness (QED) is 0.908. The van der Waals surface area contributed by atoms with Gasteiger partial charge in [-0.05, 0) is 12.1 Å². The molecule has 0 saturated heterocycles. The van der Waals surface area contributed by atoms with Crippen molar-refractivity contribution in [3.05, 3.63) is 34.5 Å². The van der Waals surface area contributed by atoms with Crippen molar-refractivity contribution < 1.29 is 4.42 Å². The number of nitrogen functional groups attached to an aromatic ring is 1. The van der Waals surface area contributed by atoms with Crippen molar-refractivity contribution in [2.75, 3.05) is 5.73 Å². The Balaban J connectivity index is 2.48.